The first-order chi connectivity index (χ1) is 23.2. The Morgan fingerprint density at radius 1 is 0.404 bits per heavy atom. The van der Waals surface area contributed by atoms with Crippen molar-refractivity contribution in [1.82, 2.24) is 9.97 Å². The zero-order valence-electron chi connectivity index (χ0n) is 25.4. The van der Waals surface area contributed by atoms with Crippen LogP contribution in [0.1, 0.15) is 0 Å². The van der Waals surface area contributed by atoms with E-state index in [9.17, 15) is 5.11 Å². The summed E-state index contributed by atoms with van der Waals surface area (Å²) in [6.45, 7) is 0. The van der Waals surface area contributed by atoms with E-state index in [0.29, 0.717) is 11.3 Å². The number of benzene rings is 7. The first-order valence-corrected chi connectivity index (χ1v) is 15.8. The predicted molar refractivity (Wildman–Crippen MR) is 195 cm³/mol. The largest absolute Gasteiger partial charge is 0.507 e. The van der Waals surface area contributed by atoms with Gasteiger partial charge in [0.2, 0.25) is 0 Å². The van der Waals surface area contributed by atoms with Gasteiger partial charge in [0.05, 0.1) is 16.7 Å². The zero-order chi connectivity index (χ0) is 31.3. The number of fused-ring (bicyclic) bond motifs is 5. The van der Waals surface area contributed by atoms with Crippen molar-refractivity contribution in [3.05, 3.63) is 164 Å². The summed E-state index contributed by atoms with van der Waals surface area (Å²) >= 11 is 0. The van der Waals surface area contributed by atoms with E-state index in [1.54, 1.807) is 6.20 Å². The van der Waals surface area contributed by atoms with Crippen LogP contribution in [0.3, 0.4) is 0 Å². The molecule has 0 saturated heterocycles. The third-order valence-corrected chi connectivity index (χ3v) is 9.21. The number of hydrogen-bond donors (Lipinski definition) is 1. The molecule has 0 unspecified atom stereocenters. The third-order valence-electron chi connectivity index (χ3n) is 9.21. The van der Waals surface area contributed by atoms with Gasteiger partial charge in [-0.3, -0.25) is 4.98 Å². The van der Waals surface area contributed by atoms with Gasteiger partial charge in [-0.05, 0) is 62.0 Å². The second-order valence-electron chi connectivity index (χ2n) is 11.9. The van der Waals surface area contributed by atoms with Gasteiger partial charge in [0.25, 0.3) is 0 Å². The molecule has 3 heteroatoms. The molecule has 9 rings (SSSR count). The second kappa shape index (κ2) is 10.9. The SMILES string of the molecule is Oc1c(-c2ccc3ccc4cccnc4c3n2)cc2ccccc2c1-c1c(-c2ccc(-c3ccccc3)cc2)ccc2ccccc12. The van der Waals surface area contributed by atoms with Crippen LogP contribution >= 0.6 is 0 Å². The van der Waals surface area contributed by atoms with Crippen molar-refractivity contribution in [2.45, 2.75) is 0 Å². The van der Waals surface area contributed by atoms with Crippen molar-refractivity contribution in [2.75, 3.05) is 0 Å². The Morgan fingerprint density at radius 2 is 1.00 bits per heavy atom. The molecule has 0 aliphatic rings. The van der Waals surface area contributed by atoms with Crippen molar-refractivity contribution < 1.29 is 5.11 Å². The molecule has 220 valence electrons. The van der Waals surface area contributed by atoms with Crippen LogP contribution in [0.2, 0.25) is 0 Å². The summed E-state index contributed by atoms with van der Waals surface area (Å²) in [5.74, 6) is 0.210. The molecule has 47 heavy (non-hydrogen) atoms. The minimum absolute atomic E-state index is 0.210. The van der Waals surface area contributed by atoms with Gasteiger partial charge in [0.15, 0.2) is 0 Å². The lowest BCUT2D eigenvalue weighted by atomic mass is 9.85. The molecule has 7 aromatic carbocycles. The van der Waals surface area contributed by atoms with Crippen LogP contribution < -0.4 is 0 Å². The van der Waals surface area contributed by atoms with Crippen LogP contribution in [0.5, 0.6) is 5.75 Å². The molecule has 0 aliphatic heterocycles. The number of aromatic hydroxyl groups is 1. The van der Waals surface area contributed by atoms with Crippen molar-refractivity contribution in [3.8, 4) is 50.4 Å². The summed E-state index contributed by atoms with van der Waals surface area (Å²) in [6, 6.07) is 54.5. The number of rotatable bonds is 4. The number of phenolic OH excluding ortho intramolecular Hbond substituents is 1. The van der Waals surface area contributed by atoms with Gasteiger partial charge in [-0.25, -0.2) is 4.98 Å². The molecule has 0 aliphatic carbocycles. The Bertz CT molecular complexity index is 2630. The van der Waals surface area contributed by atoms with E-state index >= 15 is 0 Å². The second-order valence-corrected chi connectivity index (χ2v) is 11.9. The van der Waals surface area contributed by atoms with Crippen LogP contribution in [0.4, 0.5) is 0 Å². The highest BCUT2D eigenvalue weighted by Gasteiger charge is 2.22. The maximum atomic E-state index is 12.4. The Hall–Kier alpha value is -6.32. The molecule has 0 spiro atoms. The molecule has 1 N–H and O–H groups in total. The Morgan fingerprint density at radius 3 is 1.81 bits per heavy atom. The standard InChI is InChI=1S/C44H28N2O/c47-44-38(39-25-23-33-21-20-32-13-8-26-45-42(32)43(33)46-39)27-34-12-5-7-15-36(34)41(44)40-35-14-6-4-11-30(35)22-24-37(40)31-18-16-29(17-19-31)28-9-2-1-3-10-28/h1-27,47H. The lowest BCUT2D eigenvalue weighted by Crippen LogP contribution is -1.94. The highest BCUT2D eigenvalue weighted by atomic mass is 16.3. The molecular weight excluding hydrogens is 572 g/mol. The summed E-state index contributed by atoms with van der Waals surface area (Å²) in [7, 11) is 0. The minimum Gasteiger partial charge on any atom is -0.507 e. The summed E-state index contributed by atoms with van der Waals surface area (Å²) in [6.07, 6.45) is 1.80. The molecule has 0 saturated carbocycles. The molecule has 0 fully saturated rings. The van der Waals surface area contributed by atoms with Gasteiger partial charge in [-0.2, -0.15) is 0 Å². The van der Waals surface area contributed by atoms with Gasteiger partial charge in [-0.15, -0.1) is 0 Å². The van der Waals surface area contributed by atoms with E-state index in [2.05, 4.69) is 132 Å². The molecule has 2 heterocycles. The first kappa shape index (κ1) is 27.0. The smallest absolute Gasteiger partial charge is 0.133 e. The quantitative estimate of drug-likeness (QED) is 0.204. The topological polar surface area (TPSA) is 46.0 Å². The van der Waals surface area contributed by atoms with E-state index in [1.165, 1.54) is 5.56 Å². The number of pyridine rings is 2. The lowest BCUT2D eigenvalue weighted by Gasteiger charge is -2.20. The van der Waals surface area contributed by atoms with Gasteiger partial charge < -0.3 is 5.11 Å². The number of hydrogen-bond acceptors (Lipinski definition) is 3. The van der Waals surface area contributed by atoms with Crippen LogP contribution in [-0.2, 0) is 0 Å². The summed E-state index contributed by atoms with van der Waals surface area (Å²) in [5, 5.41) is 18.7. The van der Waals surface area contributed by atoms with Crippen molar-refractivity contribution in [2.24, 2.45) is 0 Å². The third kappa shape index (κ3) is 4.52. The lowest BCUT2D eigenvalue weighted by molar-refractivity contribution is 0.480. The normalized spacial score (nSPS) is 11.5. The number of phenols is 1. The van der Waals surface area contributed by atoms with E-state index in [-0.39, 0.29) is 5.75 Å². The number of aromatic nitrogens is 2. The van der Waals surface area contributed by atoms with Crippen LogP contribution in [0, 0.1) is 0 Å². The van der Waals surface area contributed by atoms with Crippen LogP contribution in [0.15, 0.2) is 164 Å². The molecule has 9 aromatic rings. The maximum absolute atomic E-state index is 12.4. The van der Waals surface area contributed by atoms with Gasteiger partial charge in [0, 0.05) is 33.7 Å². The molecule has 0 atom stereocenters. The fourth-order valence-electron chi connectivity index (χ4n) is 6.91. The van der Waals surface area contributed by atoms with E-state index in [1.807, 2.05) is 30.3 Å². The Balaban J connectivity index is 1.32. The van der Waals surface area contributed by atoms with Gasteiger partial charge in [0.1, 0.15) is 5.75 Å². The fraction of sp³-hybridized carbons (Fsp3) is 0. The molecular formula is C44H28N2O. The molecule has 0 radical (unpaired) electrons. The van der Waals surface area contributed by atoms with Crippen LogP contribution in [0.25, 0.3) is 88.0 Å². The molecule has 2 aromatic heterocycles. The van der Waals surface area contributed by atoms with Gasteiger partial charge in [-0.1, -0.05) is 140 Å². The minimum atomic E-state index is 0.210. The average molecular weight is 601 g/mol. The molecule has 0 amide bonds. The highest BCUT2D eigenvalue weighted by Crippen LogP contribution is 2.49. The molecule has 3 nitrogen and oxygen atoms in total. The average Bonchev–Trinajstić information content (AvgIpc) is 3.14. The Kier molecular flexibility index (Phi) is 6.29. The fourth-order valence-corrected chi connectivity index (χ4v) is 6.91. The van der Waals surface area contributed by atoms with E-state index < -0.39 is 0 Å². The first-order valence-electron chi connectivity index (χ1n) is 15.8. The van der Waals surface area contributed by atoms with E-state index in [0.717, 1.165) is 71.2 Å². The molecule has 0 bridgehead atoms. The summed E-state index contributed by atoms with van der Waals surface area (Å²) < 4.78 is 0. The maximum Gasteiger partial charge on any atom is 0.133 e. The predicted octanol–water partition coefficient (Wildman–Crippen LogP) is 11.5. The summed E-state index contributed by atoms with van der Waals surface area (Å²) in [5.41, 5.74) is 9.34. The van der Waals surface area contributed by atoms with Crippen molar-refractivity contribution in [1.29, 1.82) is 0 Å². The zero-order valence-corrected chi connectivity index (χ0v) is 25.4. The monoisotopic (exact) mass is 600 g/mol. The summed E-state index contributed by atoms with van der Waals surface area (Å²) in [4.78, 5) is 9.80. The van der Waals surface area contributed by atoms with E-state index in [4.69, 9.17) is 4.98 Å². The number of nitrogens with zero attached hydrogens (tertiary/aromatic N) is 2. The van der Waals surface area contributed by atoms with Gasteiger partial charge >= 0.3 is 0 Å². The van der Waals surface area contributed by atoms with Crippen molar-refractivity contribution in [3.63, 3.8) is 0 Å². The Labute approximate surface area is 272 Å². The highest BCUT2D eigenvalue weighted by molar-refractivity contribution is 6.14. The van der Waals surface area contributed by atoms with Crippen LogP contribution in [-0.4, -0.2) is 15.1 Å². The van der Waals surface area contributed by atoms with Crippen molar-refractivity contribution >= 4 is 43.4 Å².